The number of hydrogen-bond donors (Lipinski definition) is 1. The topological polar surface area (TPSA) is 18.5 Å². The Morgan fingerprint density at radius 2 is 1.94 bits per heavy atom. The summed E-state index contributed by atoms with van der Waals surface area (Å²) in [5.41, 5.74) is 6.21. The second-order valence-corrected chi connectivity index (χ2v) is 5.05. The fourth-order valence-electron chi connectivity index (χ4n) is 2.36. The molecule has 1 aliphatic carbocycles. The SMILES string of the molecule is CN1C=C(C2CC2)CN(Nc2ccccc2)C1. The maximum atomic E-state index is 3.47. The number of benzene rings is 1. The van der Waals surface area contributed by atoms with Crippen LogP contribution in [0.3, 0.4) is 0 Å². The molecule has 90 valence electrons. The quantitative estimate of drug-likeness (QED) is 0.859. The summed E-state index contributed by atoms with van der Waals surface area (Å²) in [5, 5.41) is 2.28. The van der Waals surface area contributed by atoms with Crippen molar-refractivity contribution in [2.45, 2.75) is 12.8 Å². The lowest BCUT2D eigenvalue weighted by Gasteiger charge is -2.34. The van der Waals surface area contributed by atoms with Crippen molar-refractivity contribution in [3.63, 3.8) is 0 Å². The standard InChI is InChI=1S/C14H19N3/c1-16-9-13(12-7-8-12)10-17(11-16)15-14-5-3-2-4-6-14/h2-6,9,12,15H,7-8,10-11H2,1H3. The van der Waals surface area contributed by atoms with Crippen molar-refractivity contribution in [3.05, 3.63) is 42.1 Å². The van der Waals surface area contributed by atoms with Gasteiger partial charge in [0.15, 0.2) is 0 Å². The van der Waals surface area contributed by atoms with Crippen LogP contribution in [0.15, 0.2) is 42.1 Å². The van der Waals surface area contributed by atoms with Crippen molar-refractivity contribution in [1.82, 2.24) is 9.91 Å². The highest BCUT2D eigenvalue weighted by molar-refractivity contribution is 5.41. The van der Waals surface area contributed by atoms with E-state index in [1.165, 1.54) is 12.8 Å². The molecule has 0 radical (unpaired) electrons. The molecule has 1 aromatic carbocycles. The van der Waals surface area contributed by atoms with E-state index in [4.69, 9.17) is 0 Å². The van der Waals surface area contributed by atoms with E-state index >= 15 is 0 Å². The van der Waals surface area contributed by atoms with Crippen LogP contribution in [0.2, 0.25) is 0 Å². The lowest BCUT2D eigenvalue weighted by Crippen LogP contribution is -2.42. The van der Waals surface area contributed by atoms with Crippen LogP contribution in [0.5, 0.6) is 0 Å². The number of nitrogens with one attached hydrogen (secondary N) is 1. The van der Waals surface area contributed by atoms with Crippen LogP contribution in [-0.4, -0.2) is 30.2 Å². The Bertz CT molecular complexity index is 409. The summed E-state index contributed by atoms with van der Waals surface area (Å²) < 4.78 is 0. The van der Waals surface area contributed by atoms with E-state index in [0.29, 0.717) is 0 Å². The number of hydrazine groups is 1. The van der Waals surface area contributed by atoms with Crippen molar-refractivity contribution in [1.29, 1.82) is 0 Å². The zero-order valence-electron chi connectivity index (χ0n) is 10.3. The first-order chi connectivity index (χ1) is 8.31. The van der Waals surface area contributed by atoms with Crippen LogP contribution >= 0.6 is 0 Å². The average Bonchev–Trinajstić information content (AvgIpc) is 3.13. The maximum Gasteiger partial charge on any atom is 0.0880 e. The van der Waals surface area contributed by atoms with Crippen LogP contribution in [-0.2, 0) is 0 Å². The minimum absolute atomic E-state index is 0.845. The van der Waals surface area contributed by atoms with Crippen molar-refractivity contribution in [2.24, 2.45) is 5.92 Å². The number of nitrogens with zero attached hydrogens (tertiary/aromatic N) is 2. The second-order valence-electron chi connectivity index (χ2n) is 5.05. The lowest BCUT2D eigenvalue weighted by molar-refractivity contribution is 0.214. The largest absolute Gasteiger partial charge is 0.366 e. The van der Waals surface area contributed by atoms with Crippen LogP contribution in [0.4, 0.5) is 5.69 Å². The summed E-state index contributed by atoms with van der Waals surface area (Å²) >= 11 is 0. The van der Waals surface area contributed by atoms with Gasteiger partial charge in [-0.15, -0.1) is 0 Å². The zero-order valence-corrected chi connectivity index (χ0v) is 10.3. The third-order valence-corrected chi connectivity index (χ3v) is 3.32. The van der Waals surface area contributed by atoms with Crippen molar-refractivity contribution >= 4 is 5.69 Å². The van der Waals surface area contributed by atoms with E-state index in [2.05, 4.69) is 52.8 Å². The van der Waals surface area contributed by atoms with E-state index in [0.717, 1.165) is 24.8 Å². The van der Waals surface area contributed by atoms with Gasteiger partial charge in [-0.25, -0.2) is 5.01 Å². The van der Waals surface area contributed by atoms with Gasteiger partial charge in [-0.05, 0) is 36.5 Å². The van der Waals surface area contributed by atoms with Crippen molar-refractivity contribution in [2.75, 3.05) is 25.7 Å². The average molecular weight is 229 g/mol. The first kappa shape index (κ1) is 10.7. The molecule has 0 spiro atoms. The lowest BCUT2D eigenvalue weighted by atomic mass is 10.1. The van der Waals surface area contributed by atoms with Gasteiger partial charge in [-0.1, -0.05) is 18.2 Å². The molecule has 1 fully saturated rings. The molecule has 1 heterocycles. The first-order valence-electron chi connectivity index (χ1n) is 6.29. The molecule has 0 aromatic heterocycles. The highest BCUT2D eigenvalue weighted by Gasteiger charge is 2.29. The fraction of sp³-hybridized carbons (Fsp3) is 0.429. The molecular formula is C14H19N3. The Morgan fingerprint density at radius 1 is 1.18 bits per heavy atom. The third kappa shape index (κ3) is 2.61. The number of anilines is 1. The number of rotatable bonds is 3. The van der Waals surface area contributed by atoms with Gasteiger partial charge in [-0.3, -0.25) is 0 Å². The normalized spacial score (nSPS) is 21.2. The number of hydrogen-bond acceptors (Lipinski definition) is 3. The zero-order chi connectivity index (χ0) is 11.7. The van der Waals surface area contributed by atoms with Crippen LogP contribution in [0.25, 0.3) is 0 Å². The Labute approximate surface area is 103 Å². The molecule has 0 bridgehead atoms. The van der Waals surface area contributed by atoms with Crippen LogP contribution in [0, 0.1) is 5.92 Å². The number of para-hydroxylation sites is 1. The third-order valence-electron chi connectivity index (χ3n) is 3.32. The molecule has 3 rings (SSSR count). The van der Waals surface area contributed by atoms with Gasteiger partial charge >= 0.3 is 0 Å². The highest BCUT2D eigenvalue weighted by atomic mass is 15.6. The Hall–Kier alpha value is -1.48. The molecule has 3 heteroatoms. The van der Waals surface area contributed by atoms with E-state index < -0.39 is 0 Å². The molecule has 3 nitrogen and oxygen atoms in total. The molecular weight excluding hydrogens is 210 g/mol. The van der Waals surface area contributed by atoms with Gasteiger partial charge in [0.1, 0.15) is 0 Å². The van der Waals surface area contributed by atoms with Crippen LogP contribution < -0.4 is 5.43 Å². The van der Waals surface area contributed by atoms with E-state index in [9.17, 15) is 0 Å². The van der Waals surface area contributed by atoms with Gasteiger partial charge in [0.05, 0.1) is 6.67 Å². The summed E-state index contributed by atoms with van der Waals surface area (Å²) in [4.78, 5) is 2.26. The molecule has 1 N–H and O–H groups in total. The molecule has 1 aliphatic heterocycles. The van der Waals surface area contributed by atoms with Gasteiger partial charge in [-0.2, -0.15) is 0 Å². The first-order valence-corrected chi connectivity index (χ1v) is 6.29. The molecule has 1 saturated carbocycles. The smallest absolute Gasteiger partial charge is 0.0880 e. The molecule has 0 unspecified atom stereocenters. The molecule has 17 heavy (non-hydrogen) atoms. The Kier molecular flexibility index (Phi) is 2.77. The molecule has 0 amide bonds. The molecule has 0 atom stereocenters. The van der Waals surface area contributed by atoms with Gasteiger partial charge in [0, 0.05) is 25.5 Å². The summed E-state index contributed by atoms with van der Waals surface area (Å²) in [6, 6.07) is 10.4. The summed E-state index contributed by atoms with van der Waals surface area (Å²) in [5.74, 6) is 0.845. The minimum Gasteiger partial charge on any atom is -0.366 e. The highest BCUT2D eigenvalue weighted by Crippen LogP contribution is 2.37. The van der Waals surface area contributed by atoms with Crippen LogP contribution in [0.1, 0.15) is 12.8 Å². The molecule has 2 aliphatic rings. The van der Waals surface area contributed by atoms with Gasteiger partial charge < -0.3 is 10.3 Å². The summed E-state index contributed by atoms with van der Waals surface area (Å²) in [6.45, 7) is 1.98. The second kappa shape index (κ2) is 4.41. The van der Waals surface area contributed by atoms with E-state index in [-0.39, 0.29) is 0 Å². The van der Waals surface area contributed by atoms with Gasteiger partial charge in [0.25, 0.3) is 0 Å². The van der Waals surface area contributed by atoms with Crippen molar-refractivity contribution < 1.29 is 0 Å². The molecule has 0 saturated heterocycles. The van der Waals surface area contributed by atoms with Crippen molar-refractivity contribution in [3.8, 4) is 0 Å². The maximum absolute atomic E-state index is 3.47. The Morgan fingerprint density at radius 3 is 2.65 bits per heavy atom. The summed E-state index contributed by atoms with van der Waals surface area (Å²) in [7, 11) is 2.14. The predicted molar refractivity (Wildman–Crippen MR) is 70.2 cm³/mol. The van der Waals surface area contributed by atoms with E-state index in [1.807, 2.05) is 6.07 Å². The van der Waals surface area contributed by atoms with Gasteiger partial charge in [0.2, 0.25) is 0 Å². The monoisotopic (exact) mass is 229 g/mol. The van der Waals surface area contributed by atoms with E-state index in [1.54, 1.807) is 5.57 Å². The predicted octanol–water partition coefficient (Wildman–Crippen LogP) is 2.51. The molecule has 1 aromatic rings. The Balaban J connectivity index is 1.67. The fourth-order valence-corrected chi connectivity index (χ4v) is 2.36. The minimum atomic E-state index is 0.845. The summed E-state index contributed by atoms with van der Waals surface area (Å²) in [6.07, 6.45) is 5.07.